The number of rotatable bonds is 1. The normalized spacial score (nSPS) is 18.5. The van der Waals surface area contributed by atoms with E-state index in [2.05, 4.69) is 9.73 Å². The minimum absolute atomic E-state index is 0.152. The van der Waals surface area contributed by atoms with E-state index >= 15 is 0 Å². The summed E-state index contributed by atoms with van der Waals surface area (Å²) >= 11 is 0. The molecule has 1 aromatic rings. The van der Waals surface area contributed by atoms with Gasteiger partial charge in [-0.15, -0.1) is 0 Å². The lowest BCUT2D eigenvalue weighted by Crippen LogP contribution is -2.63. The van der Waals surface area contributed by atoms with E-state index in [9.17, 15) is 22.8 Å². The molecule has 0 bridgehead atoms. The molecule has 0 atom stereocenters. The summed E-state index contributed by atoms with van der Waals surface area (Å²) in [4.78, 5) is 25.2. The SMILES string of the molecule is CC1(C)C(=O)NCCN1C(=O)c1oc(C(F)(F)F)cc1N. The van der Waals surface area contributed by atoms with Crippen LogP contribution in [0.25, 0.3) is 0 Å². The lowest BCUT2D eigenvalue weighted by molar-refractivity contribution is -0.153. The highest BCUT2D eigenvalue weighted by Gasteiger charge is 2.43. The number of hydrogen-bond acceptors (Lipinski definition) is 4. The average Bonchev–Trinajstić information content (AvgIpc) is 2.74. The van der Waals surface area contributed by atoms with E-state index in [-0.39, 0.29) is 13.1 Å². The molecule has 1 saturated heterocycles. The number of nitrogens with two attached hydrogens (primary N) is 1. The van der Waals surface area contributed by atoms with Gasteiger partial charge in [-0.05, 0) is 13.8 Å². The number of carbonyl (C=O) groups excluding carboxylic acids is 2. The van der Waals surface area contributed by atoms with Gasteiger partial charge in [0.05, 0.1) is 5.69 Å². The Morgan fingerprint density at radius 1 is 1.48 bits per heavy atom. The molecule has 1 aromatic heterocycles. The van der Waals surface area contributed by atoms with E-state index in [1.54, 1.807) is 0 Å². The minimum atomic E-state index is -4.73. The van der Waals surface area contributed by atoms with Gasteiger partial charge in [-0.1, -0.05) is 0 Å². The molecule has 0 radical (unpaired) electrons. The highest BCUT2D eigenvalue weighted by molar-refractivity contribution is 6.01. The maximum absolute atomic E-state index is 12.6. The molecular formula is C12H14F3N3O3. The van der Waals surface area contributed by atoms with E-state index < -0.39 is 40.7 Å². The van der Waals surface area contributed by atoms with Crippen LogP contribution >= 0.6 is 0 Å². The van der Waals surface area contributed by atoms with Crippen LogP contribution < -0.4 is 11.1 Å². The fourth-order valence-electron chi connectivity index (χ4n) is 2.09. The first-order valence-electron chi connectivity index (χ1n) is 6.12. The molecule has 21 heavy (non-hydrogen) atoms. The number of amides is 2. The van der Waals surface area contributed by atoms with Crippen LogP contribution in [0, 0.1) is 0 Å². The number of nitrogens with one attached hydrogen (secondary N) is 1. The lowest BCUT2D eigenvalue weighted by atomic mass is 9.98. The molecule has 0 saturated carbocycles. The largest absolute Gasteiger partial charge is 0.449 e. The number of nitrogens with zero attached hydrogens (tertiary/aromatic N) is 1. The van der Waals surface area contributed by atoms with Gasteiger partial charge in [-0.2, -0.15) is 13.2 Å². The van der Waals surface area contributed by atoms with Crippen LogP contribution in [-0.4, -0.2) is 35.3 Å². The van der Waals surface area contributed by atoms with E-state index in [4.69, 9.17) is 5.73 Å². The van der Waals surface area contributed by atoms with Gasteiger partial charge in [-0.3, -0.25) is 9.59 Å². The Morgan fingerprint density at radius 2 is 2.10 bits per heavy atom. The zero-order valence-corrected chi connectivity index (χ0v) is 11.4. The van der Waals surface area contributed by atoms with Crippen LogP contribution in [0.2, 0.25) is 0 Å². The standard InChI is InChI=1S/C12H14F3N3O3/c1-11(2)10(20)17-3-4-18(11)9(19)8-6(16)5-7(21-8)12(13,14)15/h5H,3-4,16H2,1-2H3,(H,17,20). The maximum Gasteiger partial charge on any atom is 0.449 e. The van der Waals surface area contributed by atoms with Crippen LogP contribution in [0.3, 0.4) is 0 Å². The van der Waals surface area contributed by atoms with Gasteiger partial charge in [-0.25, -0.2) is 0 Å². The van der Waals surface area contributed by atoms with Crippen molar-refractivity contribution in [3.8, 4) is 0 Å². The number of alkyl halides is 3. The van der Waals surface area contributed by atoms with Gasteiger partial charge in [0.1, 0.15) is 5.54 Å². The Hall–Kier alpha value is -2.19. The third-order valence-electron chi connectivity index (χ3n) is 3.33. The topological polar surface area (TPSA) is 88.6 Å². The molecule has 2 amide bonds. The summed E-state index contributed by atoms with van der Waals surface area (Å²) < 4.78 is 42.2. The summed E-state index contributed by atoms with van der Waals surface area (Å²) in [5.41, 5.74) is 3.82. The van der Waals surface area contributed by atoms with Gasteiger partial charge in [0, 0.05) is 19.2 Å². The van der Waals surface area contributed by atoms with Crippen molar-refractivity contribution in [2.24, 2.45) is 0 Å². The Labute approximate surface area is 118 Å². The van der Waals surface area contributed by atoms with Crippen molar-refractivity contribution in [3.63, 3.8) is 0 Å². The Bertz CT molecular complexity index is 592. The first-order chi connectivity index (χ1) is 9.55. The molecule has 0 aromatic carbocycles. The summed E-state index contributed by atoms with van der Waals surface area (Å²) in [5, 5.41) is 2.58. The molecule has 3 N–H and O–H groups in total. The van der Waals surface area contributed by atoms with Crippen LogP contribution in [0.15, 0.2) is 10.5 Å². The van der Waals surface area contributed by atoms with Crippen molar-refractivity contribution in [3.05, 3.63) is 17.6 Å². The van der Waals surface area contributed by atoms with Crippen molar-refractivity contribution in [2.75, 3.05) is 18.8 Å². The quantitative estimate of drug-likeness (QED) is 0.817. The molecule has 6 nitrogen and oxygen atoms in total. The second-order valence-electron chi connectivity index (χ2n) is 5.16. The highest BCUT2D eigenvalue weighted by Crippen LogP contribution is 2.34. The summed E-state index contributed by atoms with van der Waals surface area (Å²) in [6, 6.07) is 0.560. The summed E-state index contributed by atoms with van der Waals surface area (Å²) in [6.07, 6.45) is -4.73. The van der Waals surface area contributed by atoms with E-state index in [0.29, 0.717) is 6.07 Å². The first kappa shape index (κ1) is 15.2. The maximum atomic E-state index is 12.6. The van der Waals surface area contributed by atoms with Crippen molar-refractivity contribution >= 4 is 17.5 Å². The monoisotopic (exact) mass is 305 g/mol. The Kier molecular flexibility index (Phi) is 3.38. The number of hydrogen-bond donors (Lipinski definition) is 2. The number of nitrogen functional groups attached to an aromatic ring is 1. The van der Waals surface area contributed by atoms with Crippen molar-refractivity contribution in [1.82, 2.24) is 10.2 Å². The minimum Gasteiger partial charge on any atom is -0.444 e. The summed E-state index contributed by atoms with van der Waals surface area (Å²) in [7, 11) is 0. The summed E-state index contributed by atoms with van der Waals surface area (Å²) in [6.45, 7) is 3.34. The van der Waals surface area contributed by atoms with Crippen molar-refractivity contribution < 1.29 is 27.2 Å². The molecule has 1 aliphatic heterocycles. The number of carbonyl (C=O) groups is 2. The molecule has 0 unspecified atom stereocenters. The van der Waals surface area contributed by atoms with Gasteiger partial charge in [0.15, 0.2) is 0 Å². The highest BCUT2D eigenvalue weighted by atomic mass is 19.4. The van der Waals surface area contributed by atoms with Gasteiger partial charge < -0.3 is 20.4 Å². The molecule has 0 aliphatic carbocycles. The molecule has 9 heteroatoms. The second kappa shape index (κ2) is 4.68. The Balaban J connectivity index is 2.36. The predicted molar refractivity (Wildman–Crippen MR) is 66.2 cm³/mol. The van der Waals surface area contributed by atoms with Gasteiger partial charge in [0.2, 0.25) is 17.4 Å². The zero-order chi connectivity index (χ0) is 16.0. The van der Waals surface area contributed by atoms with Crippen molar-refractivity contribution in [1.29, 1.82) is 0 Å². The molecule has 1 fully saturated rings. The van der Waals surface area contributed by atoms with Gasteiger partial charge in [0.25, 0.3) is 5.91 Å². The van der Waals surface area contributed by atoms with Crippen LogP contribution in [0.5, 0.6) is 0 Å². The van der Waals surface area contributed by atoms with E-state index in [1.807, 2.05) is 0 Å². The third-order valence-corrected chi connectivity index (χ3v) is 3.33. The van der Waals surface area contributed by atoms with Crippen LogP contribution in [-0.2, 0) is 11.0 Å². The van der Waals surface area contributed by atoms with Crippen LogP contribution in [0.1, 0.15) is 30.2 Å². The Morgan fingerprint density at radius 3 is 2.62 bits per heavy atom. The zero-order valence-electron chi connectivity index (χ0n) is 11.4. The molecular weight excluding hydrogens is 291 g/mol. The average molecular weight is 305 g/mol. The predicted octanol–water partition coefficient (Wildman–Crippen LogP) is 1.23. The summed E-state index contributed by atoms with van der Waals surface area (Å²) in [5.74, 6) is -3.20. The fraction of sp³-hybridized carbons (Fsp3) is 0.500. The third kappa shape index (κ3) is 2.55. The molecule has 1 aliphatic rings. The van der Waals surface area contributed by atoms with E-state index in [1.165, 1.54) is 13.8 Å². The van der Waals surface area contributed by atoms with Crippen molar-refractivity contribution in [2.45, 2.75) is 25.6 Å². The molecule has 2 rings (SSSR count). The van der Waals surface area contributed by atoms with Crippen LogP contribution in [0.4, 0.5) is 18.9 Å². The fourth-order valence-corrected chi connectivity index (χ4v) is 2.09. The first-order valence-corrected chi connectivity index (χ1v) is 6.12. The van der Waals surface area contributed by atoms with Gasteiger partial charge >= 0.3 is 6.18 Å². The molecule has 116 valence electrons. The molecule has 0 spiro atoms. The van der Waals surface area contributed by atoms with E-state index in [0.717, 1.165) is 4.90 Å². The number of halogens is 3. The lowest BCUT2D eigenvalue weighted by Gasteiger charge is -2.40. The number of piperazine rings is 1. The second-order valence-corrected chi connectivity index (χ2v) is 5.16. The smallest absolute Gasteiger partial charge is 0.444 e. The number of anilines is 1. The molecule has 2 heterocycles. The number of furan rings is 1.